The molecule has 2 rings (SSSR count). The fourth-order valence-corrected chi connectivity index (χ4v) is 2.27. The lowest BCUT2D eigenvalue weighted by molar-refractivity contribution is -0.112. The normalized spacial score (nSPS) is 10.6. The van der Waals surface area contributed by atoms with Crippen LogP contribution in [0.15, 0.2) is 48.0 Å². The van der Waals surface area contributed by atoms with E-state index in [-0.39, 0.29) is 5.57 Å². The van der Waals surface area contributed by atoms with Crippen LogP contribution in [0.4, 0.5) is 5.69 Å². The number of carbonyl (C=O) groups excluding carboxylic acids is 1. The minimum Gasteiger partial charge on any atom is -0.497 e. The summed E-state index contributed by atoms with van der Waals surface area (Å²) in [5, 5.41) is 12.1. The van der Waals surface area contributed by atoms with E-state index in [1.165, 1.54) is 13.2 Å². The molecule has 1 N–H and O–H groups in total. The van der Waals surface area contributed by atoms with E-state index in [9.17, 15) is 10.1 Å². The quantitative estimate of drug-likeness (QED) is 0.608. The van der Waals surface area contributed by atoms with Gasteiger partial charge in [-0.05, 0) is 37.3 Å². The fourth-order valence-electron chi connectivity index (χ4n) is 2.27. The number of rotatable bonds is 7. The Morgan fingerprint density at radius 1 is 1.15 bits per heavy atom. The molecule has 0 spiro atoms. The Balaban J connectivity index is 2.25. The molecule has 0 bridgehead atoms. The molecule has 0 saturated heterocycles. The molecule has 26 heavy (non-hydrogen) atoms. The molecular formula is C20H20N2O4. The van der Waals surface area contributed by atoms with Gasteiger partial charge in [-0.2, -0.15) is 5.26 Å². The highest BCUT2D eigenvalue weighted by Crippen LogP contribution is 2.27. The standard InChI is InChI=1S/C20H20N2O4/c1-4-26-18-7-5-6-16(11-18)22-20(23)15(13-21)10-14-8-9-17(24-2)12-19(14)25-3/h5-12H,4H2,1-3H3,(H,22,23)/b15-10+. The summed E-state index contributed by atoms with van der Waals surface area (Å²) in [6.45, 7) is 2.40. The van der Waals surface area contributed by atoms with Crippen molar-refractivity contribution in [1.82, 2.24) is 0 Å². The van der Waals surface area contributed by atoms with Crippen LogP contribution < -0.4 is 19.5 Å². The Kier molecular flexibility index (Phi) is 6.63. The van der Waals surface area contributed by atoms with Gasteiger partial charge in [-0.15, -0.1) is 0 Å². The maximum atomic E-state index is 12.4. The van der Waals surface area contributed by atoms with E-state index in [0.717, 1.165) is 0 Å². The Morgan fingerprint density at radius 2 is 1.96 bits per heavy atom. The minimum absolute atomic E-state index is 0.0460. The van der Waals surface area contributed by atoms with Crippen molar-refractivity contribution in [2.24, 2.45) is 0 Å². The Labute approximate surface area is 152 Å². The SMILES string of the molecule is CCOc1cccc(NC(=O)/C(C#N)=C/c2ccc(OC)cc2OC)c1. The number of nitrogens with one attached hydrogen (secondary N) is 1. The van der Waals surface area contributed by atoms with Crippen molar-refractivity contribution < 1.29 is 19.0 Å². The zero-order valence-corrected chi connectivity index (χ0v) is 14.9. The van der Waals surface area contributed by atoms with Crippen molar-refractivity contribution in [2.75, 3.05) is 26.1 Å². The molecular weight excluding hydrogens is 332 g/mol. The number of ether oxygens (including phenoxy) is 3. The van der Waals surface area contributed by atoms with Crippen molar-refractivity contribution in [3.63, 3.8) is 0 Å². The van der Waals surface area contributed by atoms with Crippen molar-refractivity contribution in [1.29, 1.82) is 5.26 Å². The van der Waals surface area contributed by atoms with Crippen molar-refractivity contribution in [2.45, 2.75) is 6.92 Å². The second-order valence-electron chi connectivity index (χ2n) is 5.19. The maximum absolute atomic E-state index is 12.4. The zero-order valence-electron chi connectivity index (χ0n) is 14.9. The maximum Gasteiger partial charge on any atom is 0.266 e. The second-order valence-corrected chi connectivity index (χ2v) is 5.19. The molecule has 6 nitrogen and oxygen atoms in total. The van der Waals surface area contributed by atoms with Crippen molar-refractivity contribution >= 4 is 17.7 Å². The van der Waals surface area contributed by atoms with Crippen LogP contribution in [0.25, 0.3) is 6.08 Å². The summed E-state index contributed by atoms with van der Waals surface area (Å²) in [5.41, 5.74) is 1.10. The van der Waals surface area contributed by atoms with E-state index in [1.54, 1.807) is 49.6 Å². The highest BCUT2D eigenvalue weighted by Gasteiger charge is 2.12. The highest BCUT2D eigenvalue weighted by atomic mass is 16.5. The minimum atomic E-state index is -0.515. The number of anilines is 1. The molecule has 6 heteroatoms. The third-order valence-electron chi connectivity index (χ3n) is 3.51. The Bertz CT molecular complexity index is 853. The van der Waals surface area contributed by atoms with Crippen LogP contribution in [-0.2, 0) is 4.79 Å². The largest absolute Gasteiger partial charge is 0.497 e. The topological polar surface area (TPSA) is 80.6 Å². The van der Waals surface area contributed by atoms with E-state index in [1.807, 2.05) is 13.0 Å². The Morgan fingerprint density at radius 3 is 2.62 bits per heavy atom. The molecule has 134 valence electrons. The van der Waals surface area contributed by atoms with E-state index < -0.39 is 5.91 Å². The van der Waals surface area contributed by atoms with Gasteiger partial charge in [0.15, 0.2) is 0 Å². The lowest BCUT2D eigenvalue weighted by atomic mass is 10.1. The number of nitriles is 1. The van der Waals surface area contributed by atoms with Crippen LogP contribution in [0.5, 0.6) is 17.2 Å². The van der Waals surface area contributed by atoms with Gasteiger partial charge in [0.05, 0.1) is 20.8 Å². The van der Waals surface area contributed by atoms with Gasteiger partial charge in [0.1, 0.15) is 28.9 Å². The zero-order chi connectivity index (χ0) is 18.9. The third kappa shape index (κ3) is 4.77. The first-order valence-electron chi connectivity index (χ1n) is 7.99. The molecule has 0 unspecified atom stereocenters. The monoisotopic (exact) mass is 352 g/mol. The molecule has 0 atom stereocenters. The van der Waals surface area contributed by atoms with Crippen LogP contribution >= 0.6 is 0 Å². The average molecular weight is 352 g/mol. The summed E-state index contributed by atoms with van der Waals surface area (Å²) in [6, 6.07) is 14.0. The summed E-state index contributed by atoms with van der Waals surface area (Å²) >= 11 is 0. The van der Waals surface area contributed by atoms with Crippen LogP contribution in [-0.4, -0.2) is 26.7 Å². The molecule has 0 aliphatic heterocycles. The number of hydrogen-bond donors (Lipinski definition) is 1. The van der Waals surface area contributed by atoms with Crippen LogP contribution in [0.1, 0.15) is 12.5 Å². The van der Waals surface area contributed by atoms with Crippen molar-refractivity contribution in [3.05, 3.63) is 53.6 Å². The predicted octanol–water partition coefficient (Wildman–Crippen LogP) is 3.65. The van der Waals surface area contributed by atoms with E-state index in [2.05, 4.69) is 5.32 Å². The van der Waals surface area contributed by atoms with Crippen LogP contribution in [0.2, 0.25) is 0 Å². The number of carbonyl (C=O) groups is 1. The van der Waals surface area contributed by atoms with Gasteiger partial charge in [0.2, 0.25) is 0 Å². The summed E-state index contributed by atoms with van der Waals surface area (Å²) in [5.74, 6) is 1.25. The van der Waals surface area contributed by atoms with Gasteiger partial charge in [0, 0.05) is 23.4 Å². The van der Waals surface area contributed by atoms with E-state index in [0.29, 0.717) is 35.1 Å². The second kappa shape index (κ2) is 9.14. The van der Waals surface area contributed by atoms with E-state index >= 15 is 0 Å². The predicted molar refractivity (Wildman–Crippen MR) is 99.4 cm³/mol. The van der Waals surface area contributed by atoms with Gasteiger partial charge in [-0.3, -0.25) is 4.79 Å². The van der Waals surface area contributed by atoms with Crippen molar-refractivity contribution in [3.8, 4) is 23.3 Å². The fraction of sp³-hybridized carbons (Fsp3) is 0.200. The number of nitrogens with zero attached hydrogens (tertiary/aromatic N) is 1. The number of benzene rings is 2. The van der Waals surface area contributed by atoms with Crippen LogP contribution in [0, 0.1) is 11.3 Å². The molecule has 2 aromatic rings. The first-order valence-corrected chi connectivity index (χ1v) is 7.99. The first-order chi connectivity index (χ1) is 12.6. The lowest BCUT2D eigenvalue weighted by Crippen LogP contribution is -2.13. The van der Waals surface area contributed by atoms with E-state index in [4.69, 9.17) is 14.2 Å². The average Bonchev–Trinajstić information content (AvgIpc) is 2.66. The van der Waals surface area contributed by atoms with Gasteiger partial charge < -0.3 is 19.5 Å². The third-order valence-corrected chi connectivity index (χ3v) is 3.51. The highest BCUT2D eigenvalue weighted by molar-refractivity contribution is 6.09. The smallest absolute Gasteiger partial charge is 0.266 e. The molecule has 0 radical (unpaired) electrons. The molecule has 0 aliphatic carbocycles. The Hall–Kier alpha value is -3.46. The molecule has 2 aromatic carbocycles. The summed E-state index contributed by atoms with van der Waals surface area (Å²) in [7, 11) is 3.06. The van der Waals surface area contributed by atoms with Gasteiger partial charge in [-0.25, -0.2) is 0 Å². The number of hydrogen-bond acceptors (Lipinski definition) is 5. The molecule has 1 amide bonds. The number of methoxy groups -OCH3 is 2. The molecule has 0 aliphatic rings. The molecule has 0 fully saturated rings. The van der Waals surface area contributed by atoms with Gasteiger partial charge >= 0.3 is 0 Å². The lowest BCUT2D eigenvalue weighted by Gasteiger charge is -2.09. The van der Waals surface area contributed by atoms with Gasteiger partial charge in [-0.1, -0.05) is 6.07 Å². The summed E-state index contributed by atoms with van der Waals surface area (Å²) < 4.78 is 15.8. The molecule has 0 saturated carbocycles. The molecule has 0 heterocycles. The molecule has 0 aromatic heterocycles. The van der Waals surface area contributed by atoms with Gasteiger partial charge in [0.25, 0.3) is 5.91 Å². The first kappa shape index (κ1) is 18.9. The summed E-state index contributed by atoms with van der Waals surface area (Å²) in [6.07, 6.45) is 1.47. The summed E-state index contributed by atoms with van der Waals surface area (Å²) in [4.78, 5) is 12.4. The van der Waals surface area contributed by atoms with Crippen LogP contribution in [0.3, 0.4) is 0 Å². The number of amides is 1.